The summed E-state index contributed by atoms with van der Waals surface area (Å²) < 4.78 is 7.83. The van der Waals surface area contributed by atoms with Crippen LogP contribution in [0.25, 0.3) is 11.0 Å². The van der Waals surface area contributed by atoms with Crippen LogP contribution in [0.1, 0.15) is 12.2 Å². The number of para-hydroxylation sites is 3. The topological polar surface area (TPSA) is 53.1 Å². The Bertz CT molecular complexity index is 798. The smallest absolute Gasteiger partial charge is 0.119 e. The summed E-state index contributed by atoms with van der Waals surface area (Å²) in [5.74, 6) is 1.89. The SMILES string of the molecule is NC(=S)Cn1c(CCCOc2ccccc2)nc2ccccc21. The van der Waals surface area contributed by atoms with Crippen LogP contribution in [0.15, 0.2) is 54.6 Å². The maximum absolute atomic E-state index is 5.74. The minimum atomic E-state index is 0.468. The maximum atomic E-state index is 5.74. The molecular formula is C18H19N3OS. The van der Waals surface area contributed by atoms with Crippen molar-refractivity contribution < 1.29 is 4.74 Å². The van der Waals surface area contributed by atoms with Crippen LogP contribution in [0.5, 0.6) is 5.75 Å². The number of nitrogens with zero attached hydrogens (tertiary/aromatic N) is 2. The summed E-state index contributed by atoms with van der Waals surface area (Å²) in [6.07, 6.45) is 1.71. The van der Waals surface area contributed by atoms with Gasteiger partial charge >= 0.3 is 0 Å². The first-order valence-electron chi connectivity index (χ1n) is 7.64. The van der Waals surface area contributed by atoms with Gasteiger partial charge in [-0.2, -0.15) is 0 Å². The normalized spacial score (nSPS) is 10.8. The molecule has 3 aromatic rings. The first kappa shape index (κ1) is 15.5. The van der Waals surface area contributed by atoms with Crippen molar-refractivity contribution in [3.63, 3.8) is 0 Å². The van der Waals surface area contributed by atoms with Crippen molar-refractivity contribution in [3.05, 3.63) is 60.4 Å². The summed E-state index contributed by atoms with van der Waals surface area (Å²) in [6, 6.07) is 17.9. The quantitative estimate of drug-likeness (QED) is 0.535. The summed E-state index contributed by atoms with van der Waals surface area (Å²) in [5, 5.41) is 0. The molecule has 0 unspecified atom stereocenters. The summed E-state index contributed by atoms with van der Waals surface area (Å²) in [5.41, 5.74) is 7.78. The Labute approximate surface area is 140 Å². The minimum absolute atomic E-state index is 0.468. The van der Waals surface area contributed by atoms with Crippen molar-refractivity contribution in [1.82, 2.24) is 9.55 Å². The summed E-state index contributed by atoms with van der Waals surface area (Å²) >= 11 is 5.07. The zero-order valence-corrected chi connectivity index (χ0v) is 13.6. The molecule has 0 bridgehead atoms. The van der Waals surface area contributed by atoms with Gasteiger partial charge in [-0.25, -0.2) is 4.98 Å². The number of fused-ring (bicyclic) bond motifs is 1. The predicted molar refractivity (Wildman–Crippen MR) is 96.8 cm³/mol. The van der Waals surface area contributed by atoms with Crippen molar-refractivity contribution >= 4 is 28.2 Å². The molecule has 118 valence electrons. The number of ether oxygens (including phenoxy) is 1. The first-order valence-corrected chi connectivity index (χ1v) is 8.05. The van der Waals surface area contributed by atoms with Gasteiger partial charge < -0.3 is 15.0 Å². The molecule has 4 nitrogen and oxygen atoms in total. The molecule has 1 aromatic heterocycles. The summed E-state index contributed by atoms with van der Waals surface area (Å²) in [6.45, 7) is 1.17. The van der Waals surface area contributed by atoms with Crippen LogP contribution in [0.3, 0.4) is 0 Å². The van der Waals surface area contributed by atoms with Gasteiger partial charge in [-0.05, 0) is 30.7 Å². The fourth-order valence-corrected chi connectivity index (χ4v) is 2.71. The van der Waals surface area contributed by atoms with Crippen LogP contribution in [0.2, 0.25) is 0 Å². The average Bonchev–Trinajstić information content (AvgIpc) is 2.90. The van der Waals surface area contributed by atoms with Gasteiger partial charge in [0.05, 0.1) is 29.2 Å². The van der Waals surface area contributed by atoms with E-state index in [1.54, 1.807) is 0 Å². The lowest BCUT2D eigenvalue weighted by Crippen LogP contribution is -2.18. The van der Waals surface area contributed by atoms with Crippen LogP contribution >= 0.6 is 12.2 Å². The summed E-state index contributed by atoms with van der Waals surface area (Å²) in [4.78, 5) is 5.17. The number of thiocarbonyl (C=S) groups is 1. The van der Waals surface area contributed by atoms with E-state index in [-0.39, 0.29) is 0 Å². The molecule has 0 saturated heterocycles. The van der Waals surface area contributed by atoms with E-state index in [1.165, 1.54) is 0 Å². The molecule has 1 heterocycles. The molecule has 0 fully saturated rings. The summed E-state index contributed by atoms with van der Waals surface area (Å²) in [7, 11) is 0. The second-order valence-corrected chi connectivity index (χ2v) is 5.86. The lowest BCUT2D eigenvalue weighted by atomic mass is 10.3. The van der Waals surface area contributed by atoms with Crippen molar-refractivity contribution in [2.45, 2.75) is 19.4 Å². The van der Waals surface area contributed by atoms with Crippen LogP contribution in [-0.2, 0) is 13.0 Å². The Balaban J connectivity index is 1.68. The highest BCUT2D eigenvalue weighted by Gasteiger charge is 2.10. The molecule has 2 N–H and O–H groups in total. The maximum Gasteiger partial charge on any atom is 0.119 e. The average molecular weight is 325 g/mol. The van der Waals surface area contributed by atoms with Crippen molar-refractivity contribution in [2.24, 2.45) is 5.73 Å². The van der Waals surface area contributed by atoms with Gasteiger partial charge in [-0.3, -0.25) is 0 Å². The van der Waals surface area contributed by atoms with E-state index >= 15 is 0 Å². The Morgan fingerprint density at radius 2 is 1.83 bits per heavy atom. The van der Waals surface area contributed by atoms with Gasteiger partial charge in [-0.1, -0.05) is 42.5 Å². The number of aryl methyl sites for hydroxylation is 1. The lowest BCUT2D eigenvalue weighted by Gasteiger charge is -2.09. The van der Waals surface area contributed by atoms with Gasteiger partial charge in [0.15, 0.2) is 0 Å². The van der Waals surface area contributed by atoms with Crippen LogP contribution in [0.4, 0.5) is 0 Å². The minimum Gasteiger partial charge on any atom is -0.494 e. The molecule has 0 aliphatic heterocycles. The second kappa shape index (κ2) is 7.24. The zero-order valence-electron chi connectivity index (χ0n) is 12.8. The number of nitrogens with two attached hydrogens (primary N) is 1. The van der Waals surface area contributed by atoms with Crippen LogP contribution < -0.4 is 10.5 Å². The molecule has 0 spiro atoms. The third kappa shape index (κ3) is 3.87. The molecule has 0 atom stereocenters. The van der Waals surface area contributed by atoms with Crippen LogP contribution in [-0.4, -0.2) is 21.1 Å². The molecule has 3 rings (SSSR count). The zero-order chi connectivity index (χ0) is 16.1. The molecular weight excluding hydrogens is 306 g/mol. The van der Waals surface area contributed by atoms with E-state index in [9.17, 15) is 0 Å². The van der Waals surface area contributed by atoms with Crippen molar-refractivity contribution in [2.75, 3.05) is 6.61 Å². The Morgan fingerprint density at radius 1 is 1.09 bits per heavy atom. The van der Waals surface area contributed by atoms with Gasteiger partial charge in [-0.15, -0.1) is 0 Å². The Kier molecular flexibility index (Phi) is 4.88. The van der Waals surface area contributed by atoms with E-state index in [1.807, 2.05) is 54.6 Å². The molecule has 0 amide bonds. The third-order valence-electron chi connectivity index (χ3n) is 3.60. The molecule has 0 aliphatic rings. The van der Waals surface area contributed by atoms with E-state index in [0.29, 0.717) is 18.1 Å². The number of hydrogen-bond donors (Lipinski definition) is 1. The Morgan fingerprint density at radius 3 is 2.61 bits per heavy atom. The van der Waals surface area contributed by atoms with Gasteiger partial charge in [0, 0.05) is 6.42 Å². The van der Waals surface area contributed by atoms with Gasteiger partial charge in [0.25, 0.3) is 0 Å². The molecule has 0 aliphatic carbocycles. The van der Waals surface area contributed by atoms with E-state index in [4.69, 9.17) is 27.7 Å². The number of imidazole rings is 1. The first-order chi connectivity index (χ1) is 11.2. The van der Waals surface area contributed by atoms with E-state index in [2.05, 4.69) is 4.57 Å². The largest absolute Gasteiger partial charge is 0.494 e. The van der Waals surface area contributed by atoms with Crippen molar-refractivity contribution in [1.29, 1.82) is 0 Å². The van der Waals surface area contributed by atoms with Crippen molar-refractivity contribution in [3.8, 4) is 5.75 Å². The lowest BCUT2D eigenvalue weighted by molar-refractivity contribution is 0.309. The third-order valence-corrected chi connectivity index (χ3v) is 3.73. The highest BCUT2D eigenvalue weighted by Crippen LogP contribution is 2.17. The number of rotatable bonds is 7. The van der Waals surface area contributed by atoms with E-state index < -0.39 is 0 Å². The number of hydrogen-bond acceptors (Lipinski definition) is 3. The highest BCUT2D eigenvalue weighted by atomic mass is 32.1. The predicted octanol–water partition coefficient (Wildman–Crippen LogP) is 3.33. The molecule has 23 heavy (non-hydrogen) atoms. The fourth-order valence-electron chi connectivity index (χ4n) is 2.59. The Hall–Kier alpha value is -2.40. The molecule has 0 radical (unpaired) electrons. The van der Waals surface area contributed by atoms with Crippen LogP contribution in [0, 0.1) is 0 Å². The standard InChI is InChI=1S/C18H19N3OS/c19-17(23)13-21-16-10-5-4-9-15(16)20-18(21)11-6-12-22-14-7-2-1-3-8-14/h1-5,7-10H,6,11-13H2,(H2,19,23). The van der Waals surface area contributed by atoms with Gasteiger partial charge in [0.2, 0.25) is 0 Å². The van der Waals surface area contributed by atoms with Gasteiger partial charge in [0.1, 0.15) is 11.6 Å². The number of aromatic nitrogens is 2. The molecule has 0 saturated carbocycles. The molecule has 5 heteroatoms. The monoisotopic (exact) mass is 325 g/mol. The highest BCUT2D eigenvalue weighted by molar-refractivity contribution is 7.80. The molecule has 2 aromatic carbocycles. The second-order valence-electron chi connectivity index (χ2n) is 5.33. The van der Waals surface area contributed by atoms with E-state index in [0.717, 1.165) is 35.4 Å². The fraction of sp³-hybridized carbons (Fsp3) is 0.222. The number of benzene rings is 2.